The van der Waals surface area contributed by atoms with Crippen LogP contribution >= 0.6 is 22.6 Å². The van der Waals surface area contributed by atoms with Crippen molar-refractivity contribution in [2.45, 2.75) is 29.8 Å². The third-order valence-corrected chi connectivity index (χ3v) is 2.43. The summed E-state index contributed by atoms with van der Waals surface area (Å²) in [5, 5.41) is 0. The topological polar surface area (TPSA) is 9.23 Å². The predicted molar refractivity (Wildman–Crippen MR) is 42.5 cm³/mol. The number of alkyl halides is 1. The molecule has 0 aliphatic carbocycles. The maximum Gasteiger partial charge on any atom is 0.0587 e. The lowest BCUT2D eigenvalue weighted by Gasteiger charge is -2.22. The van der Waals surface area contributed by atoms with E-state index in [2.05, 4.69) is 29.5 Å². The summed E-state index contributed by atoms with van der Waals surface area (Å²) in [6.45, 7) is 3.10. The minimum Gasteiger partial charge on any atom is -0.377 e. The molecule has 0 saturated carbocycles. The van der Waals surface area contributed by atoms with E-state index in [-0.39, 0.29) is 0 Å². The van der Waals surface area contributed by atoms with E-state index >= 15 is 0 Å². The van der Waals surface area contributed by atoms with E-state index in [0.717, 1.165) is 10.5 Å². The summed E-state index contributed by atoms with van der Waals surface area (Å²) in [6, 6.07) is 0. The van der Waals surface area contributed by atoms with E-state index in [1.807, 2.05) is 0 Å². The first-order valence-corrected chi connectivity index (χ1v) is 4.29. The lowest BCUT2D eigenvalue weighted by molar-refractivity contribution is 0.0352. The molecular weight excluding hydrogens is 215 g/mol. The van der Waals surface area contributed by atoms with Crippen LogP contribution in [0.25, 0.3) is 0 Å². The number of hydrogen-bond donors (Lipinski definition) is 0. The first-order chi connectivity index (χ1) is 3.79. The molecule has 48 valence electrons. The van der Waals surface area contributed by atoms with Crippen molar-refractivity contribution in [2.24, 2.45) is 0 Å². The van der Waals surface area contributed by atoms with Gasteiger partial charge < -0.3 is 4.74 Å². The van der Waals surface area contributed by atoms with Gasteiger partial charge in [0, 0.05) is 3.92 Å². The zero-order valence-corrected chi connectivity index (χ0v) is 7.22. The van der Waals surface area contributed by atoms with Gasteiger partial charge in [-0.2, -0.15) is 0 Å². The predicted octanol–water partition coefficient (Wildman–Crippen LogP) is 1.99. The molecule has 0 bridgehead atoms. The molecular formula is C6H11IO. The van der Waals surface area contributed by atoms with Gasteiger partial charge in [-0.1, -0.05) is 22.6 Å². The highest BCUT2D eigenvalue weighted by Gasteiger charge is 2.14. The van der Waals surface area contributed by atoms with Gasteiger partial charge in [-0.05, 0) is 19.8 Å². The fourth-order valence-corrected chi connectivity index (χ4v) is 1.42. The van der Waals surface area contributed by atoms with Gasteiger partial charge in [0.25, 0.3) is 0 Å². The first-order valence-electron chi connectivity index (χ1n) is 3.04. The van der Waals surface area contributed by atoms with Crippen LogP contribution < -0.4 is 0 Å². The van der Waals surface area contributed by atoms with Gasteiger partial charge in [0.05, 0.1) is 12.7 Å². The van der Waals surface area contributed by atoms with E-state index in [1.165, 1.54) is 12.8 Å². The Morgan fingerprint density at radius 3 is 2.62 bits per heavy atom. The monoisotopic (exact) mass is 226 g/mol. The second kappa shape index (κ2) is 3.01. The summed E-state index contributed by atoms with van der Waals surface area (Å²) in [7, 11) is 0. The Kier molecular flexibility index (Phi) is 2.56. The van der Waals surface area contributed by atoms with Gasteiger partial charge in [0.1, 0.15) is 0 Å². The second-order valence-electron chi connectivity index (χ2n) is 2.32. The molecule has 1 rings (SSSR count). The van der Waals surface area contributed by atoms with E-state index in [1.54, 1.807) is 0 Å². The largest absolute Gasteiger partial charge is 0.377 e. The van der Waals surface area contributed by atoms with Crippen LogP contribution in [0.15, 0.2) is 0 Å². The molecule has 1 fully saturated rings. The van der Waals surface area contributed by atoms with Gasteiger partial charge in [-0.15, -0.1) is 0 Å². The molecule has 1 heterocycles. The van der Waals surface area contributed by atoms with E-state index in [4.69, 9.17) is 4.74 Å². The molecule has 0 amide bonds. The van der Waals surface area contributed by atoms with Crippen molar-refractivity contribution in [3.8, 4) is 0 Å². The molecule has 0 aromatic carbocycles. The van der Waals surface area contributed by atoms with E-state index in [0.29, 0.717) is 6.10 Å². The fourth-order valence-electron chi connectivity index (χ4n) is 0.851. The Hall–Kier alpha value is 0.690. The smallest absolute Gasteiger partial charge is 0.0587 e. The van der Waals surface area contributed by atoms with Crippen LogP contribution in [0.3, 0.4) is 0 Å². The standard InChI is InChI=1S/C6H11IO/c1-5-2-3-6(7)4-8-5/h5-6H,2-4H2,1H3. The number of hydrogen-bond acceptors (Lipinski definition) is 1. The quantitative estimate of drug-likeness (QED) is 0.453. The van der Waals surface area contributed by atoms with Crippen molar-refractivity contribution >= 4 is 22.6 Å². The minimum absolute atomic E-state index is 0.515. The molecule has 1 aliphatic heterocycles. The third-order valence-electron chi connectivity index (χ3n) is 1.45. The molecule has 1 aliphatic rings. The molecule has 1 nitrogen and oxygen atoms in total. The summed E-state index contributed by atoms with van der Waals surface area (Å²) in [6.07, 6.45) is 3.09. The summed E-state index contributed by atoms with van der Waals surface area (Å²) in [5.74, 6) is 0. The SMILES string of the molecule is CC1CCC(I)CO1. The van der Waals surface area contributed by atoms with Crippen LogP contribution in [0, 0.1) is 0 Å². The number of rotatable bonds is 0. The Labute approximate surface area is 63.9 Å². The lowest BCUT2D eigenvalue weighted by Crippen LogP contribution is -2.22. The van der Waals surface area contributed by atoms with Crippen LogP contribution in [0.4, 0.5) is 0 Å². The molecule has 2 heteroatoms. The van der Waals surface area contributed by atoms with Crippen molar-refractivity contribution < 1.29 is 4.74 Å². The lowest BCUT2D eigenvalue weighted by atomic mass is 10.1. The maximum atomic E-state index is 5.38. The number of ether oxygens (including phenoxy) is 1. The second-order valence-corrected chi connectivity index (χ2v) is 4.08. The molecule has 0 spiro atoms. The van der Waals surface area contributed by atoms with Crippen LogP contribution in [0.1, 0.15) is 19.8 Å². The summed E-state index contributed by atoms with van der Waals surface area (Å²) in [5.41, 5.74) is 0. The average Bonchev–Trinajstić information content (AvgIpc) is 1.77. The molecule has 0 N–H and O–H groups in total. The van der Waals surface area contributed by atoms with Crippen molar-refractivity contribution in [3.05, 3.63) is 0 Å². The number of halogens is 1. The van der Waals surface area contributed by atoms with E-state index < -0.39 is 0 Å². The molecule has 0 aromatic heterocycles. The third kappa shape index (κ3) is 1.90. The zero-order chi connectivity index (χ0) is 5.98. The van der Waals surface area contributed by atoms with Crippen molar-refractivity contribution in [1.82, 2.24) is 0 Å². The highest BCUT2D eigenvalue weighted by atomic mass is 127. The minimum atomic E-state index is 0.515. The Morgan fingerprint density at radius 2 is 2.25 bits per heavy atom. The molecule has 0 radical (unpaired) electrons. The van der Waals surface area contributed by atoms with E-state index in [9.17, 15) is 0 Å². The van der Waals surface area contributed by atoms with Crippen molar-refractivity contribution in [3.63, 3.8) is 0 Å². The van der Waals surface area contributed by atoms with Gasteiger partial charge in [0.15, 0.2) is 0 Å². The fraction of sp³-hybridized carbons (Fsp3) is 1.00. The normalized spacial score (nSPS) is 39.8. The van der Waals surface area contributed by atoms with Crippen molar-refractivity contribution in [1.29, 1.82) is 0 Å². The summed E-state index contributed by atoms with van der Waals surface area (Å²) < 4.78 is 6.15. The molecule has 2 atom stereocenters. The maximum absolute atomic E-state index is 5.38. The van der Waals surface area contributed by atoms with Gasteiger partial charge >= 0.3 is 0 Å². The Bertz CT molecular complexity index is 56.9. The average molecular weight is 226 g/mol. The zero-order valence-electron chi connectivity index (χ0n) is 5.06. The van der Waals surface area contributed by atoms with Crippen LogP contribution in [0.2, 0.25) is 0 Å². The van der Waals surface area contributed by atoms with Crippen molar-refractivity contribution in [2.75, 3.05) is 6.61 Å². The van der Waals surface area contributed by atoms with Gasteiger partial charge in [-0.3, -0.25) is 0 Å². The molecule has 8 heavy (non-hydrogen) atoms. The highest BCUT2D eigenvalue weighted by molar-refractivity contribution is 14.1. The highest BCUT2D eigenvalue weighted by Crippen LogP contribution is 2.18. The van der Waals surface area contributed by atoms with Crippen LogP contribution in [0.5, 0.6) is 0 Å². The summed E-state index contributed by atoms with van der Waals surface area (Å²) >= 11 is 2.44. The molecule has 2 unspecified atom stereocenters. The van der Waals surface area contributed by atoms with Gasteiger partial charge in [0.2, 0.25) is 0 Å². The molecule has 1 saturated heterocycles. The van der Waals surface area contributed by atoms with Gasteiger partial charge in [-0.25, -0.2) is 0 Å². The van der Waals surface area contributed by atoms with Crippen LogP contribution in [-0.4, -0.2) is 16.6 Å². The van der Waals surface area contributed by atoms with Crippen LogP contribution in [-0.2, 0) is 4.74 Å². The Balaban J connectivity index is 2.19. The Morgan fingerprint density at radius 1 is 1.50 bits per heavy atom. The summed E-state index contributed by atoms with van der Waals surface area (Å²) in [4.78, 5) is 0. The first kappa shape index (κ1) is 6.81. The molecule has 0 aromatic rings.